The molecule has 0 aromatic rings. The van der Waals surface area contributed by atoms with Gasteiger partial charge in [-0.1, -0.05) is 0 Å². The molecule has 0 bridgehead atoms. The minimum atomic E-state index is -0.726. The lowest BCUT2D eigenvalue weighted by atomic mass is 9.87. The maximum atomic E-state index is 11.9. The van der Waals surface area contributed by atoms with Crippen molar-refractivity contribution < 1.29 is 19.4 Å². The number of piperidine rings is 1. The molecule has 1 aliphatic carbocycles. The maximum absolute atomic E-state index is 11.9. The minimum Gasteiger partial charge on any atom is -0.481 e. The molecule has 102 valence electrons. The summed E-state index contributed by atoms with van der Waals surface area (Å²) in [5.41, 5.74) is 0. The smallest absolute Gasteiger partial charge is 0.410 e. The van der Waals surface area contributed by atoms with E-state index >= 15 is 0 Å². The normalized spacial score (nSPS) is 28.8. The third-order valence-corrected chi connectivity index (χ3v) is 3.91. The molecule has 0 radical (unpaired) electrons. The topological polar surface area (TPSA) is 66.8 Å². The third kappa shape index (κ3) is 3.37. The Morgan fingerprint density at radius 3 is 2.17 bits per heavy atom. The Hall–Kier alpha value is -1.26. The summed E-state index contributed by atoms with van der Waals surface area (Å²) < 4.78 is 5.45. The van der Waals surface area contributed by atoms with Gasteiger partial charge in [-0.25, -0.2) is 4.79 Å². The number of amides is 1. The predicted octanol–water partition coefficient (Wildman–Crippen LogP) is 2.25. The number of carbonyl (C=O) groups excluding carboxylic acids is 1. The first kappa shape index (κ1) is 13.2. The number of hydrogen-bond acceptors (Lipinski definition) is 3. The molecule has 2 aliphatic rings. The summed E-state index contributed by atoms with van der Waals surface area (Å²) in [7, 11) is 0. The summed E-state index contributed by atoms with van der Waals surface area (Å²) in [4.78, 5) is 24.5. The van der Waals surface area contributed by atoms with Gasteiger partial charge in [0.1, 0.15) is 6.10 Å². The van der Waals surface area contributed by atoms with Gasteiger partial charge in [-0.2, -0.15) is 0 Å². The number of rotatable bonds is 2. The Morgan fingerprint density at radius 1 is 1.00 bits per heavy atom. The van der Waals surface area contributed by atoms with Crippen molar-refractivity contribution in [3.63, 3.8) is 0 Å². The zero-order valence-electron chi connectivity index (χ0n) is 10.6. The van der Waals surface area contributed by atoms with E-state index in [1.807, 2.05) is 0 Å². The summed E-state index contributed by atoms with van der Waals surface area (Å²) in [6, 6.07) is 0. The first-order valence-electron chi connectivity index (χ1n) is 6.85. The molecule has 1 saturated heterocycles. The Morgan fingerprint density at radius 2 is 1.61 bits per heavy atom. The van der Waals surface area contributed by atoms with Crippen LogP contribution in [0.1, 0.15) is 44.9 Å². The molecule has 18 heavy (non-hydrogen) atoms. The molecule has 0 unspecified atom stereocenters. The van der Waals surface area contributed by atoms with Crippen LogP contribution in [-0.4, -0.2) is 41.3 Å². The van der Waals surface area contributed by atoms with Gasteiger partial charge in [0.25, 0.3) is 0 Å². The van der Waals surface area contributed by atoms with Crippen LogP contribution in [0, 0.1) is 5.92 Å². The maximum Gasteiger partial charge on any atom is 0.410 e. The Kier molecular flexibility index (Phi) is 4.44. The van der Waals surface area contributed by atoms with E-state index in [0.717, 1.165) is 25.9 Å². The molecule has 0 spiro atoms. The van der Waals surface area contributed by atoms with Crippen molar-refractivity contribution in [3.05, 3.63) is 0 Å². The quantitative estimate of drug-likeness (QED) is 0.821. The molecule has 5 heteroatoms. The van der Waals surface area contributed by atoms with Crippen molar-refractivity contribution in [2.75, 3.05) is 13.1 Å². The molecule has 1 saturated carbocycles. The average molecular weight is 255 g/mol. The second-order valence-corrected chi connectivity index (χ2v) is 5.24. The Balaban J connectivity index is 1.73. The van der Waals surface area contributed by atoms with Crippen LogP contribution < -0.4 is 0 Å². The van der Waals surface area contributed by atoms with Crippen molar-refractivity contribution in [3.8, 4) is 0 Å². The van der Waals surface area contributed by atoms with Crippen LogP contribution in [-0.2, 0) is 9.53 Å². The standard InChI is InChI=1S/C13H21NO4/c15-12(16)10-4-6-11(7-5-10)18-13(17)14-8-2-1-3-9-14/h10-11H,1-9H2,(H,15,16). The highest BCUT2D eigenvalue weighted by molar-refractivity contribution is 5.70. The van der Waals surface area contributed by atoms with Gasteiger partial charge in [-0.15, -0.1) is 0 Å². The van der Waals surface area contributed by atoms with Crippen molar-refractivity contribution in [2.24, 2.45) is 5.92 Å². The summed E-state index contributed by atoms with van der Waals surface area (Å²) in [6.45, 7) is 1.59. The van der Waals surface area contributed by atoms with Gasteiger partial charge >= 0.3 is 12.1 Å². The number of carbonyl (C=O) groups is 2. The van der Waals surface area contributed by atoms with E-state index in [1.54, 1.807) is 4.90 Å². The number of nitrogens with zero attached hydrogens (tertiary/aromatic N) is 1. The summed E-state index contributed by atoms with van der Waals surface area (Å²) in [5.74, 6) is -0.981. The van der Waals surface area contributed by atoms with Crippen molar-refractivity contribution in [1.29, 1.82) is 0 Å². The first-order chi connectivity index (χ1) is 8.66. The van der Waals surface area contributed by atoms with Gasteiger partial charge in [-0.05, 0) is 44.9 Å². The van der Waals surface area contributed by atoms with E-state index in [4.69, 9.17) is 9.84 Å². The van der Waals surface area contributed by atoms with Gasteiger partial charge in [0.05, 0.1) is 5.92 Å². The highest BCUT2D eigenvalue weighted by atomic mass is 16.6. The number of ether oxygens (including phenoxy) is 1. The highest BCUT2D eigenvalue weighted by Crippen LogP contribution is 2.27. The van der Waals surface area contributed by atoms with Crippen molar-refractivity contribution in [2.45, 2.75) is 51.0 Å². The summed E-state index contributed by atoms with van der Waals surface area (Å²) in [5, 5.41) is 8.89. The second kappa shape index (κ2) is 6.07. The van der Waals surface area contributed by atoms with Crippen LogP contribution in [0.5, 0.6) is 0 Å². The van der Waals surface area contributed by atoms with Crippen molar-refractivity contribution in [1.82, 2.24) is 4.90 Å². The third-order valence-electron chi connectivity index (χ3n) is 3.91. The fraction of sp³-hybridized carbons (Fsp3) is 0.846. The molecule has 1 heterocycles. The Bertz CT molecular complexity index is 304. The lowest BCUT2D eigenvalue weighted by molar-refractivity contribution is -0.143. The number of hydrogen-bond donors (Lipinski definition) is 1. The molecule has 1 N–H and O–H groups in total. The van der Waals surface area contributed by atoms with Crippen LogP contribution in [0.15, 0.2) is 0 Å². The monoisotopic (exact) mass is 255 g/mol. The zero-order valence-corrected chi connectivity index (χ0v) is 10.6. The van der Waals surface area contributed by atoms with Gasteiger partial charge in [0, 0.05) is 13.1 Å². The fourth-order valence-electron chi connectivity index (χ4n) is 2.72. The average Bonchev–Trinajstić information content (AvgIpc) is 2.40. The lowest BCUT2D eigenvalue weighted by Crippen LogP contribution is -2.39. The molecule has 1 aliphatic heterocycles. The van der Waals surface area contributed by atoms with E-state index in [0.29, 0.717) is 25.7 Å². The fourth-order valence-corrected chi connectivity index (χ4v) is 2.72. The van der Waals surface area contributed by atoms with E-state index in [9.17, 15) is 9.59 Å². The lowest BCUT2D eigenvalue weighted by Gasteiger charge is -2.30. The SMILES string of the molecule is O=C(O)C1CCC(OC(=O)N2CCCCC2)CC1. The van der Waals surface area contributed by atoms with Gasteiger partial charge < -0.3 is 14.7 Å². The molecule has 0 atom stereocenters. The second-order valence-electron chi connectivity index (χ2n) is 5.24. The molecule has 2 fully saturated rings. The predicted molar refractivity (Wildman–Crippen MR) is 65.3 cm³/mol. The Labute approximate surface area is 107 Å². The van der Waals surface area contributed by atoms with E-state index < -0.39 is 5.97 Å². The molecular weight excluding hydrogens is 234 g/mol. The molecular formula is C13H21NO4. The molecule has 0 aromatic carbocycles. The largest absolute Gasteiger partial charge is 0.481 e. The molecule has 5 nitrogen and oxygen atoms in total. The summed E-state index contributed by atoms with van der Waals surface area (Å²) >= 11 is 0. The van der Waals surface area contributed by atoms with Gasteiger partial charge in [0.2, 0.25) is 0 Å². The number of aliphatic carboxylic acids is 1. The van der Waals surface area contributed by atoms with Crippen LogP contribution in [0.25, 0.3) is 0 Å². The molecule has 1 amide bonds. The number of likely N-dealkylation sites (tertiary alicyclic amines) is 1. The van der Waals surface area contributed by atoms with Crippen LogP contribution >= 0.6 is 0 Å². The van der Waals surface area contributed by atoms with E-state index in [2.05, 4.69) is 0 Å². The van der Waals surface area contributed by atoms with Gasteiger partial charge in [0.15, 0.2) is 0 Å². The summed E-state index contributed by atoms with van der Waals surface area (Å²) in [6.07, 6.45) is 5.59. The minimum absolute atomic E-state index is 0.0879. The van der Waals surface area contributed by atoms with Crippen LogP contribution in [0.4, 0.5) is 4.79 Å². The van der Waals surface area contributed by atoms with Crippen molar-refractivity contribution >= 4 is 12.1 Å². The van der Waals surface area contributed by atoms with E-state index in [-0.39, 0.29) is 18.1 Å². The first-order valence-corrected chi connectivity index (χ1v) is 6.85. The highest BCUT2D eigenvalue weighted by Gasteiger charge is 2.29. The van der Waals surface area contributed by atoms with Crippen LogP contribution in [0.2, 0.25) is 0 Å². The van der Waals surface area contributed by atoms with Crippen LogP contribution in [0.3, 0.4) is 0 Å². The molecule has 2 rings (SSSR count). The number of carboxylic acid groups (broad SMARTS) is 1. The molecule has 0 aromatic heterocycles. The zero-order chi connectivity index (χ0) is 13.0. The van der Waals surface area contributed by atoms with E-state index in [1.165, 1.54) is 6.42 Å². The number of carboxylic acids is 1. The van der Waals surface area contributed by atoms with Gasteiger partial charge in [-0.3, -0.25) is 4.79 Å².